The van der Waals surface area contributed by atoms with Crippen LogP contribution in [0.4, 0.5) is 17.3 Å². The van der Waals surface area contributed by atoms with Crippen molar-refractivity contribution < 1.29 is 14.3 Å². The second kappa shape index (κ2) is 12.0. The Morgan fingerprint density at radius 2 is 1.67 bits per heavy atom. The summed E-state index contributed by atoms with van der Waals surface area (Å²) in [6, 6.07) is 18.3. The van der Waals surface area contributed by atoms with Crippen LogP contribution in [0.3, 0.4) is 0 Å². The first-order chi connectivity index (χ1) is 18.6. The van der Waals surface area contributed by atoms with Crippen LogP contribution in [-0.2, 0) is 16.1 Å². The van der Waals surface area contributed by atoms with Crippen LogP contribution in [0.25, 0.3) is 0 Å². The van der Waals surface area contributed by atoms with Crippen molar-refractivity contribution in [1.82, 2.24) is 14.5 Å². The Balaban J connectivity index is 1.57. The number of aryl methyl sites for hydroxylation is 1. The first kappa shape index (κ1) is 27.7. The number of hydrogen-bond donors (Lipinski definition) is 2. The van der Waals surface area contributed by atoms with Gasteiger partial charge < -0.3 is 20.1 Å². The van der Waals surface area contributed by atoms with Gasteiger partial charge in [-0.15, -0.1) is 0 Å². The molecule has 0 atom stereocenters. The molecule has 0 aliphatic rings. The molecular weight excluding hydrogens is 518 g/mol. The third-order valence-electron chi connectivity index (χ3n) is 5.66. The number of halogens is 1. The van der Waals surface area contributed by atoms with E-state index in [0.29, 0.717) is 22.5 Å². The molecule has 0 unspecified atom stereocenters. The van der Waals surface area contributed by atoms with Crippen LogP contribution in [0.2, 0.25) is 5.02 Å². The van der Waals surface area contributed by atoms with Crippen molar-refractivity contribution >= 4 is 34.9 Å². The number of benzene rings is 2. The molecule has 0 saturated heterocycles. The van der Waals surface area contributed by atoms with Gasteiger partial charge in [0.25, 0.3) is 5.56 Å². The maximum Gasteiger partial charge on any atom is 0.303 e. The summed E-state index contributed by atoms with van der Waals surface area (Å²) in [7, 11) is 0. The Morgan fingerprint density at radius 3 is 2.31 bits per heavy atom. The molecule has 0 spiro atoms. The number of carbonyl (C=O) groups excluding carboxylic acids is 1. The van der Waals surface area contributed by atoms with Gasteiger partial charge in [0.2, 0.25) is 5.95 Å². The van der Waals surface area contributed by atoms with Crippen LogP contribution in [0.5, 0.6) is 11.5 Å². The Labute approximate surface area is 231 Å². The van der Waals surface area contributed by atoms with Gasteiger partial charge >= 0.3 is 5.97 Å². The highest BCUT2D eigenvalue weighted by Gasteiger charge is 2.22. The van der Waals surface area contributed by atoms with Gasteiger partial charge in [0.15, 0.2) is 0 Å². The zero-order valence-electron chi connectivity index (χ0n) is 22.2. The van der Waals surface area contributed by atoms with E-state index < -0.39 is 11.6 Å². The average molecular weight is 548 g/mol. The van der Waals surface area contributed by atoms with Crippen molar-refractivity contribution in [2.24, 2.45) is 0 Å². The fraction of sp³-hybridized carbons (Fsp3) is 0.241. The normalized spacial score (nSPS) is 11.1. The van der Waals surface area contributed by atoms with Crippen molar-refractivity contribution in [3.8, 4) is 11.5 Å². The molecule has 39 heavy (non-hydrogen) atoms. The number of pyridine rings is 1. The molecule has 0 bridgehead atoms. The number of esters is 1. The van der Waals surface area contributed by atoms with E-state index in [1.165, 1.54) is 17.7 Å². The fourth-order valence-corrected chi connectivity index (χ4v) is 3.88. The molecule has 2 N–H and O–H groups in total. The number of nitrogens with one attached hydrogen (secondary N) is 2. The van der Waals surface area contributed by atoms with E-state index in [4.69, 9.17) is 21.1 Å². The number of rotatable bonds is 10. The van der Waals surface area contributed by atoms with Crippen LogP contribution in [0.1, 0.15) is 32.0 Å². The van der Waals surface area contributed by atoms with Crippen molar-refractivity contribution in [3.63, 3.8) is 0 Å². The van der Waals surface area contributed by atoms with E-state index in [1.54, 1.807) is 32.2 Å². The molecule has 0 aliphatic carbocycles. The highest BCUT2D eigenvalue weighted by Crippen LogP contribution is 2.24. The standard InChI is InChI=1S/C29H30ClN5O4/c1-19-5-12-25(15-31-19)38-24-13-10-23(11-14-24)34-28-32-16-26(33-18-29(3,4)39-20(2)36)27(37)35(28)17-21-6-8-22(30)9-7-21/h5-16,33H,17-18H2,1-4H3,(H,32,34). The van der Waals surface area contributed by atoms with Gasteiger partial charge in [-0.1, -0.05) is 23.7 Å². The third-order valence-corrected chi connectivity index (χ3v) is 5.91. The van der Waals surface area contributed by atoms with Gasteiger partial charge in [-0.25, -0.2) is 4.98 Å². The lowest BCUT2D eigenvalue weighted by Crippen LogP contribution is -2.37. The maximum atomic E-state index is 13.5. The Morgan fingerprint density at radius 1 is 0.974 bits per heavy atom. The number of anilines is 3. The Kier molecular flexibility index (Phi) is 8.51. The maximum absolute atomic E-state index is 13.5. The van der Waals surface area contributed by atoms with Crippen molar-refractivity contribution in [1.29, 1.82) is 0 Å². The van der Waals surface area contributed by atoms with Crippen LogP contribution in [-0.4, -0.2) is 32.7 Å². The van der Waals surface area contributed by atoms with Gasteiger partial charge in [0.1, 0.15) is 22.8 Å². The number of ether oxygens (including phenoxy) is 2. The molecule has 0 aliphatic heterocycles. The van der Waals surface area contributed by atoms with E-state index in [0.717, 1.165) is 16.9 Å². The third kappa shape index (κ3) is 7.81. The smallest absolute Gasteiger partial charge is 0.303 e. The average Bonchev–Trinajstić information content (AvgIpc) is 2.88. The van der Waals surface area contributed by atoms with Crippen LogP contribution < -0.4 is 20.9 Å². The van der Waals surface area contributed by atoms with Crippen LogP contribution >= 0.6 is 11.6 Å². The highest BCUT2D eigenvalue weighted by atomic mass is 35.5. The molecule has 0 saturated carbocycles. The topological polar surface area (TPSA) is 107 Å². The SMILES string of the molecule is CC(=O)OC(C)(C)CNc1cnc(Nc2ccc(Oc3ccc(C)nc3)cc2)n(Cc2ccc(Cl)cc2)c1=O. The van der Waals surface area contributed by atoms with Crippen molar-refractivity contribution in [2.75, 3.05) is 17.2 Å². The summed E-state index contributed by atoms with van der Waals surface area (Å²) >= 11 is 6.05. The zero-order valence-corrected chi connectivity index (χ0v) is 23.0. The summed E-state index contributed by atoms with van der Waals surface area (Å²) in [5, 5.41) is 6.91. The Bertz CT molecular complexity index is 1480. The largest absolute Gasteiger partial charge is 0.458 e. The van der Waals surface area contributed by atoms with Crippen LogP contribution in [0, 0.1) is 6.92 Å². The predicted octanol–water partition coefficient (Wildman–Crippen LogP) is 5.94. The van der Waals surface area contributed by atoms with Gasteiger partial charge in [0, 0.05) is 23.3 Å². The monoisotopic (exact) mass is 547 g/mol. The molecule has 9 nitrogen and oxygen atoms in total. The van der Waals surface area contributed by atoms with Gasteiger partial charge in [-0.2, -0.15) is 0 Å². The molecule has 10 heteroatoms. The molecule has 2 aromatic carbocycles. The Hall–Kier alpha value is -4.37. The first-order valence-electron chi connectivity index (χ1n) is 12.3. The molecule has 4 aromatic rings. The minimum absolute atomic E-state index is 0.231. The lowest BCUT2D eigenvalue weighted by Gasteiger charge is -2.25. The molecule has 0 amide bonds. The zero-order chi connectivity index (χ0) is 28.0. The van der Waals surface area contributed by atoms with E-state index in [9.17, 15) is 9.59 Å². The van der Waals surface area contributed by atoms with E-state index in [-0.39, 0.29) is 24.3 Å². The van der Waals surface area contributed by atoms with Crippen molar-refractivity contribution in [3.05, 3.63) is 99.7 Å². The number of nitrogens with zero attached hydrogens (tertiary/aromatic N) is 3. The summed E-state index contributed by atoms with van der Waals surface area (Å²) < 4.78 is 12.7. The highest BCUT2D eigenvalue weighted by molar-refractivity contribution is 6.30. The number of aromatic nitrogens is 3. The van der Waals surface area contributed by atoms with Gasteiger partial charge in [0.05, 0.1) is 25.5 Å². The second-order valence-corrected chi connectivity index (χ2v) is 10.0. The molecule has 2 heterocycles. The first-order valence-corrected chi connectivity index (χ1v) is 12.7. The number of hydrogen-bond acceptors (Lipinski definition) is 8. The molecular formula is C29H30ClN5O4. The van der Waals surface area contributed by atoms with Gasteiger partial charge in [-0.3, -0.25) is 19.1 Å². The predicted molar refractivity (Wildman–Crippen MR) is 152 cm³/mol. The van der Waals surface area contributed by atoms with Crippen molar-refractivity contribution in [2.45, 2.75) is 39.8 Å². The van der Waals surface area contributed by atoms with E-state index in [2.05, 4.69) is 20.6 Å². The summed E-state index contributed by atoms with van der Waals surface area (Å²) in [6.07, 6.45) is 3.14. The lowest BCUT2D eigenvalue weighted by atomic mass is 10.1. The summed E-state index contributed by atoms with van der Waals surface area (Å²) in [5.41, 5.74) is 1.69. The fourth-order valence-electron chi connectivity index (χ4n) is 3.75. The minimum Gasteiger partial charge on any atom is -0.458 e. The molecule has 0 fully saturated rings. The summed E-state index contributed by atoms with van der Waals surface area (Å²) in [4.78, 5) is 33.7. The second-order valence-electron chi connectivity index (χ2n) is 9.61. The molecule has 4 rings (SSSR count). The summed E-state index contributed by atoms with van der Waals surface area (Å²) in [6.45, 7) is 7.28. The minimum atomic E-state index is -0.811. The quantitative estimate of drug-likeness (QED) is 0.235. The van der Waals surface area contributed by atoms with E-state index in [1.807, 2.05) is 55.5 Å². The van der Waals surface area contributed by atoms with Gasteiger partial charge in [-0.05, 0) is 74.9 Å². The molecule has 202 valence electrons. The number of carbonyl (C=O) groups is 1. The summed E-state index contributed by atoms with van der Waals surface area (Å²) in [5.74, 6) is 1.25. The van der Waals surface area contributed by atoms with E-state index >= 15 is 0 Å². The molecule has 0 radical (unpaired) electrons. The molecule has 2 aromatic heterocycles. The lowest BCUT2D eigenvalue weighted by molar-refractivity contribution is -0.152. The van der Waals surface area contributed by atoms with Crippen LogP contribution in [0.15, 0.2) is 77.9 Å².